The third-order valence-corrected chi connectivity index (χ3v) is 6.86. The number of piperidine rings is 2. The maximum absolute atomic E-state index is 12.4. The summed E-state index contributed by atoms with van der Waals surface area (Å²) in [5.41, 5.74) is 1.72. The van der Waals surface area contributed by atoms with E-state index in [9.17, 15) is 4.79 Å². The molecule has 0 aromatic heterocycles. The Kier molecular flexibility index (Phi) is 10.4. The summed E-state index contributed by atoms with van der Waals surface area (Å²) in [6.07, 6.45) is 6.93. The highest BCUT2D eigenvalue weighted by Crippen LogP contribution is 2.58. The van der Waals surface area contributed by atoms with Gasteiger partial charge in [0.1, 0.15) is 0 Å². The van der Waals surface area contributed by atoms with E-state index in [4.69, 9.17) is 4.74 Å². The van der Waals surface area contributed by atoms with Gasteiger partial charge in [-0.05, 0) is 62.6 Å². The van der Waals surface area contributed by atoms with Crippen molar-refractivity contribution < 1.29 is 9.53 Å². The molecule has 1 unspecified atom stereocenters. The molecule has 1 atom stereocenters. The Morgan fingerprint density at radius 3 is 2.53 bits per heavy atom. The molecule has 4 rings (SSSR count). The van der Waals surface area contributed by atoms with Crippen LogP contribution in [0.3, 0.4) is 0 Å². The van der Waals surface area contributed by atoms with Crippen molar-refractivity contribution in [1.29, 1.82) is 0 Å². The number of carbonyl (C=O) groups is 1. The Morgan fingerprint density at radius 1 is 1.13 bits per heavy atom. The first-order valence-electron chi connectivity index (χ1n) is 11.1. The van der Waals surface area contributed by atoms with Gasteiger partial charge in [-0.15, -0.1) is 24.8 Å². The molecule has 170 valence electrons. The minimum absolute atomic E-state index is 0. The van der Waals surface area contributed by atoms with Gasteiger partial charge < -0.3 is 15.4 Å². The lowest BCUT2D eigenvalue weighted by atomic mass is 9.92. The molecule has 0 radical (unpaired) electrons. The number of benzene rings is 1. The third kappa shape index (κ3) is 6.83. The van der Waals surface area contributed by atoms with Gasteiger partial charge in [0.05, 0.1) is 6.10 Å². The highest BCUT2D eigenvalue weighted by Gasteiger charge is 2.57. The summed E-state index contributed by atoms with van der Waals surface area (Å²) in [5.74, 6) is 0.542. The van der Waals surface area contributed by atoms with Crippen molar-refractivity contribution in [2.24, 2.45) is 11.3 Å². The molecule has 3 fully saturated rings. The standard InChI is InChI=1S/C23H35N3O2.2ClH/c27-22(21-17-23(21)9-12-24-13-10-23)25-11-4-16-28-20-7-14-26(15-8-20)18-19-5-2-1-3-6-19;;/h1-3,5-6,20-21,24H,4,7-18H2,(H,25,27);2*1H. The number of nitrogens with zero attached hydrogens (tertiary/aromatic N) is 1. The number of hydrogen-bond acceptors (Lipinski definition) is 4. The molecule has 2 heterocycles. The average Bonchev–Trinajstić information content (AvgIpc) is 3.43. The van der Waals surface area contributed by atoms with Crippen molar-refractivity contribution in [3.63, 3.8) is 0 Å². The van der Waals surface area contributed by atoms with E-state index in [1.54, 1.807) is 0 Å². The van der Waals surface area contributed by atoms with Crippen molar-refractivity contribution in [1.82, 2.24) is 15.5 Å². The van der Waals surface area contributed by atoms with Gasteiger partial charge in [-0.3, -0.25) is 9.69 Å². The van der Waals surface area contributed by atoms with E-state index in [0.29, 0.717) is 11.5 Å². The smallest absolute Gasteiger partial charge is 0.223 e. The molecule has 2 N–H and O–H groups in total. The summed E-state index contributed by atoms with van der Waals surface area (Å²) in [6, 6.07) is 10.7. The largest absolute Gasteiger partial charge is 0.378 e. The molecule has 5 nitrogen and oxygen atoms in total. The van der Waals surface area contributed by atoms with E-state index < -0.39 is 0 Å². The van der Waals surface area contributed by atoms with Crippen LogP contribution in [0.5, 0.6) is 0 Å². The van der Waals surface area contributed by atoms with E-state index in [2.05, 4.69) is 45.9 Å². The zero-order chi connectivity index (χ0) is 19.2. The molecule has 30 heavy (non-hydrogen) atoms. The van der Waals surface area contributed by atoms with E-state index in [1.807, 2.05) is 0 Å². The molecule has 1 amide bonds. The van der Waals surface area contributed by atoms with Crippen molar-refractivity contribution in [2.75, 3.05) is 39.3 Å². The Balaban J connectivity index is 0.00000160. The first-order chi connectivity index (χ1) is 13.8. The summed E-state index contributed by atoms with van der Waals surface area (Å²) in [6.45, 7) is 6.89. The highest BCUT2D eigenvalue weighted by molar-refractivity contribution is 5.85. The van der Waals surface area contributed by atoms with E-state index in [1.165, 1.54) is 5.56 Å². The second kappa shape index (κ2) is 12.3. The molecule has 2 aliphatic heterocycles. The van der Waals surface area contributed by atoms with Crippen LogP contribution in [0.1, 0.15) is 44.1 Å². The fourth-order valence-electron chi connectivity index (χ4n) is 4.93. The SMILES string of the molecule is Cl.Cl.O=C(NCCCOC1CCN(Cc2ccccc2)CC1)C1CC12CCNCC2. The minimum Gasteiger partial charge on any atom is -0.378 e. The molecule has 3 aliphatic rings. The first-order valence-corrected chi connectivity index (χ1v) is 11.1. The second-order valence-electron chi connectivity index (χ2n) is 8.85. The van der Waals surface area contributed by atoms with Crippen LogP contribution in [-0.2, 0) is 16.1 Å². The Labute approximate surface area is 193 Å². The van der Waals surface area contributed by atoms with Crippen molar-refractivity contribution in [3.8, 4) is 0 Å². The Hall–Kier alpha value is -0.850. The van der Waals surface area contributed by atoms with Gasteiger partial charge in [0, 0.05) is 38.7 Å². The molecule has 1 aromatic rings. The summed E-state index contributed by atoms with van der Waals surface area (Å²) in [4.78, 5) is 14.9. The number of ether oxygens (including phenoxy) is 1. The fourth-order valence-corrected chi connectivity index (χ4v) is 4.93. The molecular formula is C23H37Cl2N3O2. The zero-order valence-corrected chi connectivity index (χ0v) is 19.4. The number of halogens is 2. The normalized spacial score (nSPS) is 23.3. The van der Waals surface area contributed by atoms with Crippen LogP contribution < -0.4 is 10.6 Å². The van der Waals surface area contributed by atoms with Gasteiger partial charge in [-0.2, -0.15) is 0 Å². The predicted molar refractivity (Wildman–Crippen MR) is 125 cm³/mol. The van der Waals surface area contributed by atoms with E-state index in [-0.39, 0.29) is 36.6 Å². The molecule has 1 spiro atoms. The van der Waals surface area contributed by atoms with Crippen LogP contribution in [0.25, 0.3) is 0 Å². The minimum atomic E-state index is 0. The molecule has 1 saturated carbocycles. The maximum atomic E-state index is 12.4. The van der Waals surface area contributed by atoms with Crippen LogP contribution in [0.2, 0.25) is 0 Å². The molecule has 7 heteroatoms. The molecule has 1 aliphatic carbocycles. The number of carbonyl (C=O) groups excluding carboxylic acids is 1. The molecule has 2 saturated heterocycles. The molecule has 0 bridgehead atoms. The summed E-state index contributed by atoms with van der Waals surface area (Å²) < 4.78 is 6.06. The second-order valence-corrected chi connectivity index (χ2v) is 8.85. The van der Waals surface area contributed by atoms with Crippen LogP contribution >= 0.6 is 24.8 Å². The topological polar surface area (TPSA) is 53.6 Å². The summed E-state index contributed by atoms with van der Waals surface area (Å²) >= 11 is 0. The van der Waals surface area contributed by atoms with Gasteiger partial charge in [0.15, 0.2) is 0 Å². The molecule has 1 aromatic carbocycles. The fraction of sp³-hybridized carbons (Fsp3) is 0.696. The van der Waals surface area contributed by atoms with Crippen LogP contribution in [0, 0.1) is 11.3 Å². The third-order valence-electron chi connectivity index (χ3n) is 6.86. The Morgan fingerprint density at radius 2 is 1.83 bits per heavy atom. The number of rotatable bonds is 8. The number of amides is 1. The number of hydrogen-bond donors (Lipinski definition) is 2. The average molecular weight is 458 g/mol. The maximum Gasteiger partial charge on any atom is 0.223 e. The van der Waals surface area contributed by atoms with Gasteiger partial charge in [0.2, 0.25) is 5.91 Å². The van der Waals surface area contributed by atoms with E-state index >= 15 is 0 Å². The van der Waals surface area contributed by atoms with Gasteiger partial charge in [-0.1, -0.05) is 30.3 Å². The monoisotopic (exact) mass is 457 g/mol. The van der Waals surface area contributed by atoms with Crippen molar-refractivity contribution in [3.05, 3.63) is 35.9 Å². The van der Waals surface area contributed by atoms with Gasteiger partial charge in [0.25, 0.3) is 0 Å². The van der Waals surface area contributed by atoms with Gasteiger partial charge >= 0.3 is 0 Å². The lowest BCUT2D eigenvalue weighted by Gasteiger charge is -2.32. The first kappa shape index (κ1) is 25.4. The summed E-state index contributed by atoms with van der Waals surface area (Å²) in [7, 11) is 0. The number of nitrogens with one attached hydrogen (secondary N) is 2. The predicted octanol–water partition coefficient (Wildman–Crippen LogP) is 3.41. The quantitative estimate of drug-likeness (QED) is 0.587. The lowest BCUT2D eigenvalue weighted by molar-refractivity contribution is -0.123. The molecular weight excluding hydrogens is 421 g/mol. The van der Waals surface area contributed by atoms with Crippen LogP contribution in [0.4, 0.5) is 0 Å². The van der Waals surface area contributed by atoms with Crippen molar-refractivity contribution >= 4 is 30.7 Å². The van der Waals surface area contributed by atoms with Gasteiger partial charge in [-0.25, -0.2) is 0 Å². The highest BCUT2D eigenvalue weighted by atomic mass is 35.5. The zero-order valence-electron chi connectivity index (χ0n) is 17.8. The summed E-state index contributed by atoms with van der Waals surface area (Å²) in [5, 5.41) is 6.53. The van der Waals surface area contributed by atoms with Crippen LogP contribution in [-0.4, -0.2) is 56.2 Å². The van der Waals surface area contributed by atoms with Crippen molar-refractivity contribution in [2.45, 2.75) is 51.2 Å². The van der Waals surface area contributed by atoms with E-state index in [0.717, 1.165) is 84.4 Å². The van der Waals surface area contributed by atoms with Crippen LogP contribution in [0.15, 0.2) is 30.3 Å². The lowest BCUT2D eigenvalue weighted by Crippen LogP contribution is -2.37. The Bertz CT molecular complexity index is 633. The number of likely N-dealkylation sites (tertiary alicyclic amines) is 1.